The van der Waals surface area contributed by atoms with E-state index in [1.807, 2.05) is 0 Å². The standard InChI is InChI=1S/C10H21NO6/c1-14-5-9(15-2)7-16-6-8(4-12)17-10(13)3-11/h8-9,12H,3-7,11H2,1-2H3. The Labute approximate surface area is 101 Å². The van der Waals surface area contributed by atoms with E-state index in [0.717, 1.165) is 0 Å². The Morgan fingerprint density at radius 1 is 1.24 bits per heavy atom. The van der Waals surface area contributed by atoms with E-state index in [9.17, 15) is 4.79 Å². The van der Waals surface area contributed by atoms with Crippen LogP contribution in [0.15, 0.2) is 0 Å². The Bertz CT molecular complexity index is 201. The molecular weight excluding hydrogens is 230 g/mol. The summed E-state index contributed by atoms with van der Waals surface area (Å²) >= 11 is 0. The molecule has 0 saturated heterocycles. The maximum absolute atomic E-state index is 10.9. The number of aliphatic hydroxyl groups excluding tert-OH is 1. The summed E-state index contributed by atoms with van der Waals surface area (Å²) in [5, 5.41) is 8.94. The zero-order chi connectivity index (χ0) is 13.1. The summed E-state index contributed by atoms with van der Waals surface area (Å²) < 4.78 is 20.0. The summed E-state index contributed by atoms with van der Waals surface area (Å²) in [6.45, 7) is 0.254. The third-order valence-electron chi connectivity index (χ3n) is 1.96. The molecule has 0 spiro atoms. The van der Waals surface area contributed by atoms with Crippen LogP contribution in [-0.2, 0) is 23.7 Å². The van der Waals surface area contributed by atoms with Crippen LogP contribution in [0.4, 0.5) is 0 Å². The minimum absolute atomic E-state index is 0.0891. The average Bonchev–Trinajstić information content (AvgIpc) is 2.35. The van der Waals surface area contributed by atoms with E-state index in [0.29, 0.717) is 13.2 Å². The van der Waals surface area contributed by atoms with Crippen molar-refractivity contribution in [3.05, 3.63) is 0 Å². The van der Waals surface area contributed by atoms with E-state index in [4.69, 9.17) is 29.8 Å². The van der Waals surface area contributed by atoms with Gasteiger partial charge in [0.15, 0.2) is 0 Å². The highest BCUT2D eigenvalue weighted by atomic mass is 16.6. The van der Waals surface area contributed by atoms with Crippen molar-refractivity contribution in [3.8, 4) is 0 Å². The van der Waals surface area contributed by atoms with E-state index in [1.54, 1.807) is 14.2 Å². The zero-order valence-corrected chi connectivity index (χ0v) is 10.3. The third kappa shape index (κ3) is 8.06. The van der Waals surface area contributed by atoms with Crippen molar-refractivity contribution in [1.29, 1.82) is 0 Å². The summed E-state index contributed by atoms with van der Waals surface area (Å²) in [6.07, 6.45) is -0.893. The third-order valence-corrected chi connectivity index (χ3v) is 1.96. The van der Waals surface area contributed by atoms with Gasteiger partial charge in [0.1, 0.15) is 12.2 Å². The van der Waals surface area contributed by atoms with E-state index in [1.165, 1.54) is 0 Å². The Kier molecular flexibility index (Phi) is 9.98. The van der Waals surface area contributed by atoms with Crippen LogP contribution in [0.25, 0.3) is 0 Å². The second-order valence-electron chi connectivity index (χ2n) is 3.35. The van der Waals surface area contributed by atoms with Gasteiger partial charge in [-0.05, 0) is 0 Å². The highest BCUT2D eigenvalue weighted by Gasteiger charge is 2.14. The van der Waals surface area contributed by atoms with Crippen LogP contribution in [0.5, 0.6) is 0 Å². The number of hydrogen-bond acceptors (Lipinski definition) is 7. The molecule has 0 aromatic carbocycles. The Morgan fingerprint density at radius 3 is 2.35 bits per heavy atom. The predicted molar refractivity (Wildman–Crippen MR) is 59.5 cm³/mol. The van der Waals surface area contributed by atoms with Crippen molar-refractivity contribution in [2.45, 2.75) is 12.2 Å². The Hall–Kier alpha value is -0.730. The lowest BCUT2D eigenvalue weighted by atomic mass is 10.4. The minimum Gasteiger partial charge on any atom is -0.457 e. The number of carbonyl (C=O) groups is 1. The zero-order valence-electron chi connectivity index (χ0n) is 10.3. The van der Waals surface area contributed by atoms with Gasteiger partial charge in [-0.25, -0.2) is 0 Å². The topological polar surface area (TPSA) is 100 Å². The summed E-state index contributed by atoms with van der Waals surface area (Å²) in [7, 11) is 3.11. The van der Waals surface area contributed by atoms with E-state index < -0.39 is 12.1 Å². The number of rotatable bonds is 10. The Morgan fingerprint density at radius 2 is 1.88 bits per heavy atom. The van der Waals surface area contributed by atoms with Crippen LogP contribution >= 0.6 is 0 Å². The van der Waals surface area contributed by atoms with E-state index >= 15 is 0 Å². The second-order valence-corrected chi connectivity index (χ2v) is 3.35. The first-order chi connectivity index (χ1) is 8.17. The largest absolute Gasteiger partial charge is 0.457 e. The molecule has 2 unspecified atom stereocenters. The average molecular weight is 251 g/mol. The summed E-state index contributed by atoms with van der Waals surface area (Å²) in [6, 6.07) is 0. The van der Waals surface area contributed by atoms with Crippen LogP contribution in [-0.4, -0.2) is 70.5 Å². The molecule has 0 aromatic rings. The molecule has 0 fully saturated rings. The molecule has 7 heteroatoms. The molecule has 7 nitrogen and oxygen atoms in total. The van der Waals surface area contributed by atoms with Crippen LogP contribution in [0.2, 0.25) is 0 Å². The fraction of sp³-hybridized carbons (Fsp3) is 0.900. The first kappa shape index (κ1) is 16.3. The molecule has 0 aromatic heterocycles. The molecule has 3 N–H and O–H groups in total. The predicted octanol–water partition coefficient (Wildman–Crippen LogP) is -1.47. The second kappa shape index (κ2) is 10.4. The van der Waals surface area contributed by atoms with Crippen LogP contribution < -0.4 is 5.73 Å². The normalized spacial score (nSPS) is 14.4. The maximum Gasteiger partial charge on any atom is 0.320 e. The van der Waals surface area contributed by atoms with Crippen LogP contribution in [0.1, 0.15) is 0 Å². The number of ether oxygens (including phenoxy) is 4. The molecular formula is C10H21NO6. The van der Waals surface area contributed by atoms with Gasteiger partial charge >= 0.3 is 5.97 Å². The van der Waals surface area contributed by atoms with Gasteiger partial charge in [0.25, 0.3) is 0 Å². The number of esters is 1. The Balaban J connectivity index is 3.78. The van der Waals surface area contributed by atoms with E-state index in [-0.39, 0.29) is 25.9 Å². The monoisotopic (exact) mass is 251 g/mol. The van der Waals surface area contributed by atoms with Crippen LogP contribution in [0, 0.1) is 0 Å². The van der Waals surface area contributed by atoms with E-state index in [2.05, 4.69) is 0 Å². The molecule has 2 atom stereocenters. The molecule has 0 rings (SSSR count). The van der Waals surface area contributed by atoms with Gasteiger partial charge in [-0.15, -0.1) is 0 Å². The fourth-order valence-corrected chi connectivity index (χ4v) is 1.06. The number of hydrogen-bond donors (Lipinski definition) is 2. The summed E-state index contributed by atoms with van der Waals surface area (Å²) in [5.74, 6) is -0.576. The van der Waals surface area contributed by atoms with Crippen molar-refractivity contribution in [3.63, 3.8) is 0 Å². The lowest BCUT2D eigenvalue weighted by Crippen LogP contribution is -2.32. The smallest absolute Gasteiger partial charge is 0.320 e. The van der Waals surface area contributed by atoms with Crippen molar-refractivity contribution in [2.24, 2.45) is 5.73 Å². The molecule has 0 radical (unpaired) electrons. The first-order valence-electron chi connectivity index (χ1n) is 5.27. The number of nitrogens with two attached hydrogens (primary N) is 1. The van der Waals surface area contributed by atoms with Gasteiger partial charge in [-0.1, -0.05) is 0 Å². The minimum atomic E-state index is -0.703. The molecule has 0 aliphatic carbocycles. The molecule has 0 aliphatic rings. The number of carbonyl (C=O) groups excluding carboxylic acids is 1. The summed E-state index contributed by atoms with van der Waals surface area (Å²) in [4.78, 5) is 10.9. The van der Waals surface area contributed by atoms with Gasteiger partial charge in [0, 0.05) is 14.2 Å². The SMILES string of the molecule is COCC(COCC(CO)OC(=O)CN)OC. The first-order valence-corrected chi connectivity index (χ1v) is 5.27. The van der Waals surface area contributed by atoms with Crippen molar-refractivity contribution in [1.82, 2.24) is 0 Å². The van der Waals surface area contributed by atoms with Crippen LogP contribution in [0.3, 0.4) is 0 Å². The van der Waals surface area contributed by atoms with Gasteiger partial charge < -0.3 is 29.8 Å². The van der Waals surface area contributed by atoms with Gasteiger partial charge in [-0.2, -0.15) is 0 Å². The molecule has 0 amide bonds. The molecule has 0 aliphatic heterocycles. The highest BCUT2D eigenvalue weighted by molar-refractivity contribution is 5.71. The molecule has 0 saturated carbocycles. The molecule has 102 valence electrons. The number of methoxy groups -OCH3 is 2. The van der Waals surface area contributed by atoms with Crippen molar-refractivity contribution < 1.29 is 28.8 Å². The highest BCUT2D eigenvalue weighted by Crippen LogP contribution is 1.97. The van der Waals surface area contributed by atoms with Gasteiger partial charge in [0.05, 0.1) is 33.0 Å². The lowest BCUT2D eigenvalue weighted by molar-refractivity contribution is -0.154. The maximum atomic E-state index is 10.9. The quantitative estimate of drug-likeness (QED) is 0.457. The number of aliphatic hydroxyl groups is 1. The summed E-state index contributed by atoms with van der Waals surface area (Å²) in [5.41, 5.74) is 5.08. The fourth-order valence-electron chi connectivity index (χ4n) is 1.06. The molecule has 0 bridgehead atoms. The van der Waals surface area contributed by atoms with Gasteiger partial charge in [0.2, 0.25) is 0 Å². The molecule has 0 heterocycles. The van der Waals surface area contributed by atoms with Gasteiger partial charge in [-0.3, -0.25) is 4.79 Å². The lowest BCUT2D eigenvalue weighted by Gasteiger charge is -2.18. The van der Waals surface area contributed by atoms with Crippen molar-refractivity contribution >= 4 is 5.97 Å². The molecule has 17 heavy (non-hydrogen) atoms. The van der Waals surface area contributed by atoms with Crippen molar-refractivity contribution in [2.75, 3.05) is 47.2 Å².